The zero-order chi connectivity index (χ0) is 29.5. The van der Waals surface area contributed by atoms with E-state index in [1.165, 1.54) is 90.8 Å². The van der Waals surface area contributed by atoms with Crippen molar-refractivity contribution >= 4 is 65.1 Å². The Bertz CT molecular complexity index is 2640. The molecule has 7 aromatic carbocycles. The summed E-state index contributed by atoms with van der Waals surface area (Å²) in [5, 5.41) is 5.21. The molecule has 45 heavy (non-hydrogen) atoms. The van der Waals surface area contributed by atoms with Crippen LogP contribution in [0.1, 0.15) is 0 Å². The maximum Gasteiger partial charge on any atom is 0.0631 e. The SMILES string of the molecule is c1cc(-c2ccc3sc4ccccc4c3c2)cc(-n2c3ccccc3c3ccc4c(c32)-c2ccccc2-c2ccccc2S4)c1. The van der Waals surface area contributed by atoms with E-state index < -0.39 is 0 Å². The maximum absolute atomic E-state index is 2.50. The van der Waals surface area contributed by atoms with E-state index in [2.05, 4.69) is 156 Å². The Labute approximate surface area is 269 Å². The number of hydrogen-bond acceptors (Lipinski definition) is 2. The van der Waals surface area contributed by atoms with Crippen LogP contribution in [0.2, 0.25) is 0 Å². The molecule has 1 aliphatic heterocycles. The average molecular weight is 608 g/mol. The Hall–Kier alpha value is -5.09. The van der Waals surface area contributed by atoms with Crippen molar-refractivity contribution in [3.05, 3.63) is 152 Å². The molecule has 0 bridgehead atoms. The number of fused-ring (bicyclic) bond motifs is 12. The van der Waals surface area contributed by atoms with Crippen molar-refractivity contribution in [1.82, 2.24) is 4.57 Å². The first-order valence-corrected chi connectivity index (χ1v) is 16.9. The van der Waals surface area contributed by atoms with Gasteiger partial charge >= 0.3 is 0 Å². The van der Waals surface area contributed by atoms with Crippen LogP contribution in [0, 0.1) is 0 Å². The molecule has 3 heterocycles. The highest BCUT2D eigenvalue weighted by Crippen LogP contribution is 2.51. The van der Waals surface area contributed by atoms with Crippen molar-refractivity contribution in [2.24, 2.45) is 0 Å². The van der Waals surface area contributed by atoms with Gasteiger partial charge in [0.05, 0.1) is 11.0 Å². The van der Waals surface area contributed by atoms with Gasteiger partial charge in [0.15, 0.2) is 0 Å². The van der Waals surface area contributed by atoms with Crippen molar-refractivity contribution in [3.63, 3.8) is 0 Å². The van der Waals surface area contributed by atoms with Gasteiger partial charge in [0.2, 0.25) is 0 Å². The van der Waals surface area contributed by atoms with Gasteiger partial charge in [-0.25, -0.2) is 0 Å². The third-order valence-electron chi connectivity index (χ3n) is 9.21. The number of para-hydroxylation sites is 1. The summed E-state index contributed by atoms with van der Waals surface area (Å²) in [6.45, 7) is 0. The fourth-order valence-corrected chi connectivity index (χ4v) is 9.42. The molecule has 3 heteroatoms. The van der Waals surface area contributed by atoms with Crippen LogP contribution in [0.3, 0.4) is 0 Å². The van der Waals surface area contributed by atoms with Crippen molar-refractivity contribution in [3.8, 4) is 39.1 Å². The van der Waals surface area contributed by atoms with Crippen molar-refractivity contribution in [2.45, 2.75) is 9.79 Å². The number of aromatic nitrogens is 1. The van der Waals surface area contributed by atoms with E-state index in [4.69, 9.17) is 0 Å². The van der Waals surface area contributed by atoms with Gasteiger partial charge in [0.25, 0.3) is 0 Å². The molecule has 9 aromatic rings. The van der Waals surface area contributed by atoms with E-state index >= 15 is 0 Å². The number of thiophene rings is 1. The van der Waals surface area contributed by atoms with Crippen LogP contribution >= 0.6 is 23.1 Å². The highest BCUT2D eigenvalue weighted by molar-refractivity contribution is 7.99. The highest BCUT2D eigenvalue weighted by atomic mass is 32.2. The third kappa shape index (κ3) is 3.75. The maximum atomic E-state index is 2.50. The molecule has 10 rings (SSSR count). The molecular formula is C42H25NS2. The predicted molar refractivity (Wildman–Crippen MR) is 194 cm³/mol. The Morgan fingerprint density at radius 3 is 2.09 bits per heavy atom. The average Bonchev–Trinajstić information content (AvgIpc) is 3.59. The first-order valence-electron chi connectivity index (χ1n) is 15.3. The zero-order valence-electron chi connectivity index (χ0n) is 24.2. The summed E-state index contributed by atoms with van der Waals surface area (Å²) >= 11 is 3.75. The molecule has 0 N–H and O–H groups in total. The van der Waals surface area contributed by atoms with Crippen LogP contribution in [0.5, 0.6) is 0 Å². The molecule has 0 saturated carbocycles. The number of nitrogens with zero attached hydrogens (tertiary/aromatic N) is 1. The molecule has 1 aliphatic rings. The zero-order valence-corrected chi connectivity index (χ0v) is 25.8. The van der Waals surface area contributed by atoms with Gasteiger partial charge in [0.1, 0.15) is 0 Å². The van der Waals surface area contributed by atoms with E-state index in [9.17, 15) is 0 Å². The summed E-state index contributed by atoms with van der Waals surface area (Å²) < 4.78 is 5.17. The Morgan fingerprint density at radius 1 is 0.422 bits per heavy atom. The minimum atomic E-state index is 1.17. The van der Waals surface area contributed by atoms with E-state index in [-0.39, 0.29) is 0 Å². The van der Waals surface area contributed by atoms with E-state index in [1.54, 1.807) is 0 Å². The number of hydrogen-bond donors (Lipinski definition) is 0. The fourth-order valence-electron chi connectivity index (χ4n) is 7.22. The lowest BCUT2D eigenvalue weighted by Crippen LogP contribution is -1.97. The standard InChI is InChI=1S/C42H25NS2/c1-2-16-33-29(12-1)31-14-4-7-18-37(31)45-40-23-21-34-30-13-3-6-17-36(30)43(42(34)41(33)40)28-11-9-10-26(24-28)27-20-22-39-35(25-27)32-15-5-8-19-38(32)44-39/h1-25H. The molecule has 2 aromatic heterocycles. The monoisotopic (exact) mass is 607 g/mol. The Morgan fingerprint density at radius 2 is 1.16 bits per heavy atom. The van der Waals surface area contributed by atoms with Crippen LogP contribution in [0.25, 0.3) is 81.0 Å². The molecule has 0 amide bonds. The molecule has 0 unspecified atom stereocenters. The second kappa shape index (κ2) is 9.70. The van der Waals surface area contributed by atoms with Gasteiger partial charge in [-0.05, 0) is 76.3 Å². The molecule has 210 valence electrons. The molecule has 1 nitrogen and oxygen atoms in total. The smallest absolute Gasteiger partial charge is 0.0631 e. The topological polar surface area (TPSA) is 4.93 Å². The molecule has 0 atom stereocenters. The molecular weight excluding hydrogens is 583 g/mol. The summed E-state index contributed by atoms with van der Waals surface area (Å²) in [7, 11) is 0. The van der Waals surface area contributed by atoms with Crippen LogP contribution in [0.4, 0.5) is 0 Å². The van der Waals surface area contributed by atoms with Crippen LogP contribution in [0.15, 0.2) is 161 Å². The van der Waals surface area contributed by atoms with Crippen LogP contribution in [-0.4, -0.2) is 4.57 Å². The minimum absolute atomic E-state index is 1.17. The molecule has 0 radical (unpaired) electrons. The van der Waals surface area contributed by atoms with Gasteiger partial charge in [-0.3, -0.25) is 0 Å². The van der Waals surface area contributed by atoms with E-state index in [1.807, 2.05) is 23.1 Å². The number of rotatable bonds is 2. The Balaban J connectivity index is 1.26. The van der Waals surface area contributed by atoms with Gasteiger partial charge in [0, 0.05) is 52.0 Å². The lowest BCUT2D eigenvalue weighted by Gasteiger charge is -2.16. The van der Waals surface area contributed by atoms with E-state index in [0.29, 0.717) is 0 Å². The van der Waals surface area contributed by atoms with E-state index in [0.717, 1.165) is 0 Å². The molecule has 0 fully saturated rings. The first-order chi connectivity index (χ1) is 22.3. The first kappa shape index (κ1) is 25.3. The van der Waals surface area contributed by atoms with Gasteiger partial charge in [-0.2, -0.15) is 0 Å². The molecule has 0 aliphatic carbocycles. The molecule has 0 saturated heterocycles. The Kier molecular flexibility index (Phi) is 5.45. The lowest BCUT2D eigenvalue weighted by atomic mass is 9.93. The quantitative estimate of drug-likeness (QED) is 0.189. The predicted octanol–water partition coefficient (Wildman–Crippen LogP) is 12.6. The summed E-state index contributed by atoms with van der Waals surface area (Å²) in [4.78, 5) is 2.58. The highest BCUT2D eigenvalue weighted by Gasteiger charge is 2.25. The summed E-state index contributed by atoms with van der Waals surface area (Å²) in [6.07, 6.45) is 0. The van der Waals surface area contributed by atoms with Crippen LogP contribution < -0.4 is 0 Å². The summed E-state index contributed by atoms with van der Waals surface area (Å²) in [6, 6.07) is 56.0. The molecule has 0 spiro atoms. The fraction of sp³-hybridized carbons (Fsp3) is 0. The van der Waals surface area contributed by atoms with Crippen LogP contribution in [-0.2, 0) is 0 Å². The van der Waals surface area contributed by atoms with Gasteiger partial charge in [-0.15, -0.1) is 11.3 Å². The van der Waals surface area contributed by atoms with Crippen molar-refractivity contribution in [1.29, 1.82) is 0 Å². The van der Waals surface area contributed by atoms with Crippen molar-refractivity contribution < 1.29 is 0 Å². The number of benzene rings is 7. The third-order valence-corrected chi connectivity index (χ3v) is 11.5. The van der Waals surface area contributed by atoms with Gasteiger partial charge < -0.3 is 4.57 Å². The largest absolute Gasteiger partial charge is 0.309 e. The summed E-state index contributed by atoms with van der Waals surface area (Å²) in [5.41, 5.74) is 11.3. The second-order valence-electron chi connectivity index (χ2n) is 11.7. The second-order valence-corrected chi connectivity index (χ2v) is 13.9. The van der Waals surface area contributed by atoms with Crippen molar-refractivity contribution in [2.75, 3.05) is 0 Å². The minimum Gasteiger partial charge on any atom is -0.309 e. The summed E-state index contributed by atoms with van der Waals surface area (Å²) in [5.74, 6) is 0. The van der Waals surface area contributed by atoms with Gasteiger partial charge in [-0.1, -0.05) is 115 Å². The normalized spacial score (nSPS) is 12.4. The lowest BCUT2D eigenvalue weighted by molar-refractivity contribution is 1.18.